The third kappa shape index (κ3) is 3.00. The lowest BCUT2D eigenvalue weighted by Gasteiger charge is -2.06. The number of rotatable bonds is 4. The summed E-state index contributed by atoms with van der Waals surface area (Å²) in [5.41, 5.74) is 6.48. The Morgan fingerprint density at radius 1 is 1.57 bits per heavy atom. The first-order valence-electron chi connectivity index (χ1n) is 4.34. The van der Waals surface area contributed by atoms with Crippen molar-refractivity contribution >= 4 is 5.78 Å². The van der Waals surface area contributed by atoms with Crippen LogP contribution in [0.2, 0.25) is 0 Å². The number of terminal acetylenes is 1. The van der Waals surface area contributed by atoms with E-state index < -0.39 is 6.04 Å². The summed E-state index contributed by atoms with van der Waals surface area (Å²) in [7, 11) is 0. The molecule has 0 fully saturated rings. The minimum absolute atomic E-state index is 0.0332. The number of pyridine rings is 1. The molecule has 1 heterocycles. The molecule has 0 bridgehead atoms. The third-order valence-corrected chi connectivity index (χ3v) is 1.88. The van der Waals surface area contributed by atoms with Crippen molar-refractivity contribution in [1.82, 2.24) is 4.98 Å². The normalized spacial score (nSPS) is 11.7. The van der Waals surface area contributed by atoms with E-state index in [0.717, 1.165) is 5.56 Å². The summed E-state index contributed by atoms with van der Waals surface area (Å²) in [5.74, 6) is 2.34. The Morgan fingerprint density at radius 3 is 2.79 bits per heavy atom. The topological polar surface area (TPSA) is 56.0 Å². The molecule has 0 aliphatic carbocycles. The van der Waals surface area contributed by atoms with Gasteiger partial charge in [-0.25, -0.2) is 0 Å². The zero-order chi connectivity index (χ0) is 10.4. The first-order valence-corrected chi connectivity index (χ1v) is 4.34. The molecule has 1 unspecified atom stereocenters. The van der Waals surface area contributed by atoms with Crippen LogP contribution in [0.5, 0.6) is 0 Å². The Kier molecular flexibility index (Phi) is 3.84. The molecule has 0 amide bonds. The molecule has 1 aromatic heterocycles. The van der Waals surface area contributed by atoms with Gasteiger partial charge in [-0.3, -0.25) is 9.78 Å². The lowest BCUT2D eigenvalue weighted by Crippen LogP contribution is -2.31. The van der Waals surface area contributed by atoms with E-state index in [1.165, 1.54) is 0 Å². The number of ketones is 1. The maximum Gasteiger partial charge on any atom is 0.154 e. The number of carbonyl (C=O) groups excluding carboxylic acids is 1. The number of Topliss-reactive ketones (excluding diaryl/α,β-unsaturated/α-hetero) is 1. The summed E-state index contributed by atoms with van der Waals surface area (Å²) in [6, 6.07) is 3.04. The minimum Gasteiger partial charge on any atom is -0.321 e. The second-order valence-corrected chi connectivity index (χ2v) is 3.01. The van der Waals surface area contributed by atoms with Crippen molar-refractivity contribution in [3.8, 4) is 12.3 Å². The molecule has 0 spiro atoms. The molecule has 3 nitrogen and oxygen atoms in total. The maximum atomic E-state index is 11.5. The number of aromatic nitrogens is 1. The Morgan fingerprint density at radius 2 is 2.21 bits per heavy atom. The van der Waals surface area contributed by atoms with Gasteiger partial charge in [0.25, 0.3) is 0 Å². The zero-order valence-corrected chi connectivity index (χ0v) is 7.81. The molecule has 0 aliphatic heterocycles. The van der Waals surface area contributed by atoms with E-state index in [0.29, 0.717) is 12.8 Å². The van der Waals surface area contributed by atoms with Crippen molar-refractivity contribution in [1.29, 1.82) is 0 Å². The Labute approximate surface area is 83.3 Å². The number of nitrogens with zero attached hydrogens (tertiary/aromatic N) is 1. The number of nitrogens with two attached hydrogens (primary N) is 1. The highest BCUT2D eigenvalue weighted by Crippen LogP contribution is 2.01. The molecular formula is C11H12N2O. The van der Waals surface area contributed by atoms with Crippen LogP contribution >= 0.6 is 0 Å². The number of hydrogen-bond donors (Lipinski definition) is 1. The molecular weight excluding hydrogens is 176 g/mol. The molecule has 1 atom stereocenters. The molecule has 0 aromatic carbocycles. The smallest absolute Gasteiger partial charge is 0.154 e. The van der Waals surface area contributed by atoms with Crippen LogP contribution in [0, 0.1) is 12.3 Å². The molecule has 14 heavy (non-hydrogen) atoms. The predicted molar refractivity (Wildman–Crippen MR) is 54.4 cm³/mol. The number of hydrogen-bond acceptors (Lipinski definition) is 3. The van der Waals surface area contributed by atoms with Crippen molar-refractivity contribution in [2.45, 2.75) is 18.9 Å². The van der Waals surface area contributed by atoms with Crippen LogP contribution in [0.4, 0.5) is 0 Å². The van der Waals surface area contributed by atoms with E-state index in [2.05, 4.69) is 10.9 Å². The molecule has 1 aromatic rings. The van der Waals surface area contributed by atoms with Crippen molar-refractivity contribution in [3.63, 3.8) is 0 Å². The largest absolute Gasteiger partial charge is 0.321 e. The van der Waals surface area contributed by atoms with Crippen molar-refractivity contribution in [2.24, 2.45) is 5.73 Å². The van der Waals surface area contributed by atoms with Gasteiger partial charge >= 0.3 is 0 Å². The summed E-state index contributed by atoms with van der Waals surface area (Å²) in [6.45, 7) is 0. The van der Waals surface area contributed by atoms with Gasteiger partial charge in [0.1, 0.15) is 0 Å². The molecule has 0 aliphatic rings. The average Bonchev–Trinajstić information content (AvgIpc) is 2.19. The average molecular weight is 188 g/mol. The summed E-state index contributed by atoms with van der Waals surface area (Å²) in [6.07, 6.45) is 8.98. The molecule has 2 N–H and O–H groups in total. The van der Waals surface area contributed by atoms with Gasteiger partial charge in [-0.05, 0) is 17.7 Å². The van der Waals surface area contributed by atoms with Crippen LogP contribution in [0.25, 0.3) is 0 Å². The fraction of sp³-hybridized carbons (Fsp3) is 0.273. The van der Waals surface area contributed by atoms with Crippen LogP contribution in [0.1, 0.15) is 12.0 Å². The monoisotopic (exact) mass is 188 g/mol. The van der Waals surface area contributed by atoms with Gasteiger partial charge < -0.3 is 5.73 Å². The quantitative estimate of drug-likeness (QED) is 0.702. The lowest BCUT2D eigenvalue weighted by atomic mass is 10.0. The van der Waals surface area contributed by atoms with E-state index in [9.17, 15) is 4.79 Å². The van der Waals surface area contributed by atoms with E-state index in [4.69, 9.17) is 12.2 Å². The van der Waals surface area contributed by atoms with Gasteiger partial charge in [0, 0.05) is 25.2 Å². The molecule has 0 saturated heterocycles. The molecule has 72 valence electrons. The van der Waals surface area contributed by atoms with E-state index in [-0.39, 0.29) is 5.78 Å². The van der Waals surface area contributed by atoms with E-state index in [1.807, 2.05) is 0 Å². The number of carbonyl (C=O) groups is 1. The van der Waals surface area contributed by atoms with E-state index in [1.54, 1.807) is 24.5 Å². The second kappa shape index (κ2) is 5.15. The van der Waals surface area contributed by atoms with Crippen LogP contribution in [0.15, 0.2) is 24.5 Å². The summed E-state index contributed by atoms with van der Waals surface area (Å²) in [4.78, 5) is 15.3. The van der Waals surface area contributed by atoms with Gasteiger partial charge in [-0.15, -0.1) is 12.3 Å². The SMILES string of the molecule is C#CCC(N)C(=O)Cc1ccncc1. The third-order valence-electron chi connectivity index (χ3n) is 1.88. The Balaban J connectivity index is 2.54. The highest BCUT2D eigenvalue weighted by atomic mass is 16.1. The lowest BCUT2D eigenvalue weighted by molar-refractivity contribution is -0.119. The highest BCUT2D eigenvalue weighted by Gasteiger charge is 2.12. The van der Waals surface area contributed by atoms with Crippen molar-refractivity contribution < 1.29 is 4.79 Å². The van der Waals surface area contributed by atoms with Crippen LogP contribution in [-0.4, -0.2) is 16.8 Å². The fourth-order valence-corrected chi connectivity index (χ4v) is 1.07. The summed E-state index contributed by atoms with van der Waals surface area (Å²) >= 11 is 0. The van der Waals surface area contributed by atoms with Crippen LogP contribution in [0.3, 0.4) is 0 Å². The Bertz CT molecular complexity index is 340. The summed E-state index contributed by atoms with van der Waals surface area (Å²) < 4.78 is 0. The first-order chi connectivity index (χ1) is 6.74. The van der Waals surface area contributed by atoms with Crippen molar-refractivity contribution in [3.05, 3.63) is 30.1 Å². The highest BCUT2D eigenvalue weighted by molar-refractivity contribution is 5.86. The van der Waals surface area contributed by atoms with Gasteiger partial charge in [-0.1, -0.05) is 0 Å². The first kappa shape index (κ1) is 10.4. The molecule has 3 heteroatoms. The van der Waals surface area contributed by atoms with Crippen LogP contribution < -0.4 is 5.73 Å². The van der Waals surface area contributed by atoms with Gasteiger partial charge in [-0.2, -0.15) is 0 Å². The minimum atomic E-state index is -0.548. The fourth-order valence-electron chi connectivity index (χ4n) is 1.07. The van der Waals surface area contributed by atoms with Crippen molar-refractivity contribution in [2.75, 3.05) is 0 Å². The molecule has 0 radical (unpaired) electrons. The standard InChI is InChI=1S/C11H12N2O/c1-2-3-10(12)11(14)8-9-4-6-13-7-5-9/h1,4-7,10H,3,8,12H2. The second-order valence-electron chi connectivity index (χ2n) is 3.01. The van der Waals surface area contributed by atoms with Gasteiger partial charge in [0.2, 0.25) is 0 Å². The predicted octanol–water partition coefficient (Wildman–Crippen LogP) is 0.544. The van der Waals surface area contributed by atoms with Gasteiger partial charge in [0.05, 0.1) is 6.04 Å². The van der Waals surface area contributed by atoms with E-state index >= 15 is 0 Å². The Hall–Kier alpha value is -1.66. The molecule has 1 rings (SSSR count). The van der Waals surface area contributed by atoms with Gasteiger partial charge in [0.15, 0.2) is 5.78 Å². The zero-order valence-electron chi connectivity index (χ0n) is 7.81. The summed E-state index contributed by atoms with van der Waals surface area (Å²) in [5, 5.41) is 0. The van der Waals surface area contributed by atoms with Crippen LogP contribution in [-0.2, 0) is 11.2 Å². The maximum absolute atomic E-state index is 11.5. The molecule has 0 saturated carbocycles.